The summed E-state index contributed by atoms with van der Waals surface area (Å²) in [5.74, 6) is 2.83. The van der Waals surface area contributed by atoms with Gasteiger partial charge in [0.05, 0.1) is 0 Å². The maximum atomic E-state index is 5.18. The lowest BCUT2D eigenvalue weighted by molar-refractivity contribution is 0.177. The predicted octanol–water partition coefficient (Wildman–Crippen LogP) is 2.03. The van der Waals surface area contributed by atoms with Crippen LogP contribution >= 0.6 is 24.0 Å². The lowest BCUT2D eigenvalue weighted by atomic mass is 10.3. The predicted molar refractivity (Wildman–Crippen MR) is 55.1 cm³/mol. The molecule has 0 spiro atoms. The molecule has 0 unspecified atom stereocenters. The molecule has 1 aliphatic heterocycles. The van der Waals surface area contributed by atoms with Gasteiger partial charge in [0.25, 0.3) is 0 Å². The number of methoxy groups -OCH3 is 1. The van der Waals surface area contributed by atoms with Crippen molar-refractivity contribution in [3.63, 3.8) is 0 Å². The van der Waals surface area contributed by atoms with Crippen LogP contribution in [0.3, 0.4) is 0 Å². The van der Waals surface area contributed by atoms with Gasteiger partial charge >= 0.3 is 0 Å². The number of fused-ring (bicyclic) bond motifs is 1. The minimum absolute atomic E-state index is 0.502. The summed E-state index contributed by atoms with van der Waals surface area (Å²) in [5.41, 5.74) is 2.41. The Morgan fingerprint density at radius 2 is 2.46 bits per heavy atom. The van der Waals surface area contributed by atoms with E-state index in [0.717, 1.165) is 22.0 Å². The van der Waals surface area contributed by atoms with Crippen LogP contribution in [0.15, 0.2) is 0 Å². The van der Waals surface area contributed by atoms with Gasteiger partial charge in [-0.25, -0.2) is 4.98 Å². The van der Waals surface area contributed by atoms with Crippen molar-refractivity contribution in [1.29, 1.82) is 0 Å². The summed E-state index contributed by atoms with van der Waals surface area (Å²) in [6.45, 7) is 0.502. The third-order valence-corrected chi connectivity index (χ3v) is 3.25. The first-order chi connectivity index (χ1) is 6.31. The van der Waals surface area contributed by atoms with E-state index in [1.807, 2.05) is 11.8 Å². The molecule has 2 rings (SSSR count). The molecule has 1 aromatic heterocycles. The number of ether oxygens (including phenoxy) is 1. The fourth-order valence-corrected chi connectivity index (χ4v) is 2.79. The Labute approximate surface area is 85.9 Å². The summed E-state index contributed by atoms with van der Waals surface area (Å²) < 4.78 is 5.72. The van der Waals surface area contributed by atoms with Crippen molar-refractivity contribution in [1.82, 2.24) is 9.97 Å². The number of nitrogens with one attached hydrogen (secondary N) is 1. The van der Waals surface area contributed by atoms with E-state index in [9.17, 15) is 0 Å². The van der Waals surface area contributed by atoms with Gasteiger partial charge in [0.2, 0.25) is 0 Å². The van der Waals surface area contributed by atoms with Gasteiger partial charge in [-0.05, 0) is 0 Å². The number of hydrogen-bond donors (Lipinski definition) is 1. The maximum absolute atomic E-state index is 5.18. The highest BCUT2D eigenvalue weighted by atomic mass is 32.2. The molecule has 3 nitrogen and oxygen atoms in total. The van der Waals surface area contributed by atoms with Crippen LogP contribution in [0.5, 0.6) is 0 Å². The Morgan fingerprint density at radius 3 is 3.23 bits per heavy atom. The molecular formula is C8H10N2OS2. The van der Waals surface area contributed by atoms with E-state index < -0.39 is 0 Å². The molecule has 0 saturated carbocycles. The smallest absolute Gasteiger partial charge is 0.134 e. The quantitative estimate of drug-likeness (QED) is 0.764. The van der Waals surface area contributed by atoms with Crippen molar-refractivity contribution in [2.45, 2.75) is 18.1 Å². The van der Waals surface area contributed by atoms with Gasteiger partial charge in [-0.15, -0.1) is 0 Å². The third kappa shape index (κ3) is 1.77. The van der Waals surface area contributed by atoms with Crippen LogP contribution in [0.4, 0.5) is 0 Å². The van der Waals surface area contributed by atoms with Crippen molar-refractivity contribution < 1.29 is 4.74 Å². The summed E-state index contributed by atoms with van der Waals surface area (Å²) in [7, 11) is 1.65. The van der Waals surface area contributed by atoms with E-state index in [0.29, 0.717) is 6.61 Å². The maximum Gasteiger partial charge on any atom is 0.134 e. The van der Waals surface area contributed by atoms with Crippen LogP contribution in [0.25, 0.3) is 0 Å². The first-order valence-corrected chi connectivity index (χ1v) is 5.55. The summed E-state index contributed by atoms with van der Waals surface area (Å²) in [6.07, 6.45) is 0. The molecule has 0 atom stereocenters. The Balaban J connectivity index is 2.44. The molecule has 1 aromatic rings. The molecule has 0 aliphatic carbocycles. The molecule has 0 fully saturated rings. The Bertz CT molecular complexity index is 375. The van der Waals surface area contributed by atoms with E-state index in [4.69, 9.17) is 17.0 Å². The largest absolute Gasteiger partial charge is 0.377 e. The van der Waals surface area contributed by atoms with Gasteiger partial charge in [-0.2, -0.15) is 11.8 Å². The highest BCUT2D eigenvalue weighted by Gasteiger charge is 2.14. The van der Waals surface area contributed by atoms with Gasteiger partial charge in [0, 0.05) is 29.9 Å². The number of nitrogens with zero attached hydrogens (tertiary/aromatic N) is 1. The Morgan fingerprint density at radius 1 is 1.62 bits per heavy atom. The van der Waals surface area contributed by atoms with E-state index >= 15 is 0 Å². The SMILES string of the molecule is COCc1nc(=S)c2c([nH]1)CSC2. The molecule has 0 aromatic carbocycles. The molecule has 0 amide bonds. The Hall–Kier alpha value is -0.390. The topological polar surface area (TPSA) is 37.9 Å². The average molecular weight is 214 g/mol. The molecule has 0 saturated heterocycles. The molecule has 1 aliphatic rings. The van der Waals surface area contributed by atoms with Gasteiger partial charge in [-0.1, -0.05) is 12.2 Å². The normalized spacial score (nSPS) is 14.5. The minimum Gasteiger partial charge on any atom is -0.377 e. The zero-order chi connectivity index (χ0) is 9.26. The number of rotatable bonds is 2. The standard InChI is InChI=1S/C8H10N2OS2/c1-11-2-7-9-6-4-13-3-5(6)8(12)10-7/h2-4H2,1H3,(H,9,10,12). The molecule has 2 heterocycles. The van der Waals surface area contributed by atoms with Crippen LogP contribution in [-0.4, -0.2) is 17.1 Å². The summed E-state index contributed by atoms with van der Waals surface area (Å²) in [5, 5.41) is 0. The first kappa shape index (κ1) is 9.18. The molecule has 0 bridgehead atoms. The van der Waals surface area contributed by atoms with Crippen LogP contribution < -0.4 is 0 Å². The van der Waals surface area contributed by atoms with Crippen LogP contribution in [0, 0.1) is 4.64 Å². The van der Waals surface area contributed by atoms with E-state index in [2.05, 4.69) is 9.97 Å². The fraction of sp³-hybridized carbons (Fsp3) is 0.500. The van der Waals surface area contributed by atoms with Crippen molar-refractivity contribution >= 4 is 24.0 Å². The lowest BCUT2D eigenvalue weighted by Gasteiger charge is -2.03. The zero-order valence-corrected chi connectivity index (χ0v) is 8.93. The van der Waals surface area contributed by atoms with Crippen molar-refractivity contribution in [2.24, 2.45) is 0 Å². The van der Waals surface area contributed by atoms with E-state index in [-0.39, 0.29) is 0 Å². The minimum atomic E-state index is 0.502. The summed E-state index contributed by atoms with van der Waals surface area (Å²) in [4.78, 5) is 7.50. The second-order valence-electron chi connectivity index (χ2n) is 2.87. The second-order valence-corrected chi connectivity index (χ2v) is 4.24. The van der Waals surface area contributed by atoms with Gasteiger partial charge in [0.15, 0.2) is 0 Å². The number of aromatic nitrogens is 2. The molecular weight excluding hydrogens is 204 g/mol. The number of thioether (sulfide) groups is 1. The average Bonchev–Trinajstić information content (AvgIpc) is 2.53. The first-order valence-electron chi connectivity index (χ1n) is 3.99. The molecule has 5 heteroatoms. The number of aromatic amines is 1. The molecule has 0 radical (unpaired) electrons. The number of H-pyrrole nitrogens is 1. The van der Waals surface area contributed by atoms with Crippen molar-refractivity contribution in [2.75, 3.05) is 7.11 Å². The molecule has 13 heavy (non-hydrogen) atoms. The second kappa shape index (κ2) is 3.77. The zero-order valence-electron chi connectivity index (χ0n) is 7.29. The van der Waals surface area contributed by atoms with Gasteiger partial charge in [-0.3, -0.25) is 0 Å². The third-order valence-electron chi connectivity index (χ3n) is 1.93. The van der Waals surface area contributed by atoms with Crippen molar-refractivity contribution in [3.8, 4) is 0 Å². The highest BCUT2D eigenvalue weighted by molar-refractivity contribution is 7.98. The van der Waals surface area contributed by atoms with Crippen molar-refractivity contribution in [3.05, 3.63) is 21.7 Å². The van der Waals surface area contributed by atoms with Gasteiger partial charge < -0.3 is 9.72 Å². The lowest BCUT2D eigenvalue weighted by Crippen LogP contribution is -2.01. The fourth-order valence-electron chi connectivity index (χ4n) is 1.33. The summed E-state index contributed by atoms with van der Waals surface area (Å²) in [6, 6.07) is 0. The van der Waals surface area contributed by atoms with Gasteiger partial charge in [0.1, 0.15) is 17.1 Å². The Kier molecular flexibility index (Phi) is 2.66. The van der Waals surface area contributed by atoms with E-state index in [1.54, 1.807) is 7.11 Å². The van der Waals surface area contributed by atoms with Crippen LogP contribution in [0.1, 0.15) is 17.1 Å². The molecule has 70 valence electrons. The van der Waals surface area contributed by atoms with Crippen LogP contribution in [0.2, 0.25) is 0 Å². The van der Waals surface area contributed by atoms with Crippen LogP contribution in [-0.2, 0) is 22.8 Å². The number of hydrogen-bond acceptors (Lipinski definition) is 4. The molecule has 1 N–H and O–H groups in total. The summed E-state index contributed by atoms with van der Waals surface area (Å²) >= 11 is 7.05. The highest BCUT2D eigenvalue weighted by Crippen LogP contribution is 2.28. The monoisotopic (exact) mass is 214 g/mol. The van der Waals surface area contributed by atoms with E-state index in [1.165, 1.54) is 11.3 Å².